The molecule has 1 aromatic carbocycles. The molecule has 7 nitrogen and oxygen atoms in total. The number of ether oxygens (including phenoxy) is 3. The van der Waals surface area contributed by atoms with Crippen molar-refractivity contribution in [2.24, 2.45) is 0 Å². The fourth-order valence-electron chi connectivity index (χ4n) is 1.56. The number of nitrogens with zero attached hydrogens (tertiary/aromatic N) is 2. The van der Waals surface area contributed by atoms with Crippen molar-refractivity contribution in [2.45, 2.75) is 0 Å². The number of carbonyl (C=O) groups is 1. The van der Waals surface area contributed by atoms with Crippen LogP contribution >= 0.6 is 0 Å². The second-order valence-corrected chi connectivity index (χ2v) is 3.90. The van der Waals surface area contributed by atoms with Crippen LogP contribution in [0.1, 0.15) is 5.89 Å². The molecule has 2 aromatic rings. The zero-order valence-electron chi connectivity index (χ0n) is 11.8. The van der Waals surface area contributed by atoms with Gasteiger partial charge in [-0.2, -0.15) is 0 Å². The Bertz CT molecular complexity index is 641. The molecule has 1 aromatic heterocycles. The zero-order chi connectivity index (χ0) is 15.2. The van der Waals surface area contributed by atoms with Crippen molar-refractivity contribution in [3.05, 3.63) is 30.2 Å². The Hall–Kier alpha value is -2.83. The van der Waals surface area contributed by atoms with Crippen molar-refractivity contribution >= 4 is 12.0 Å². The summed E-state index contributed by atoms with van der Waals surface area (Å²) in [7, 11) is 4.39. The van der Waals surface area contributed by atoms with Crippen LogP contribution in [0.15, 0.2) is 28.7 Å². The first kappa shape index (κ1) is 14.6. The summed E-state index contributed by atoms with van der Waals surface area (Å²) in [6.07, 6.45) is 2.57. The van der Waals surface area contributed by atoms with E-state index >= 15 is 0 Å². The van der Waals surface area contributed by atoms with Crippen LogP contribution in [0.3, 0.4) is 0 Å². The van der Waals surface area contributed by atoms with Crippen LogP contribution in [0.2, 0.25) is 0 Å². The Morgan fingerprint density at radius 2 is 1.76 bits per heavy atom. The molecule has 0 aliphatic carbocycles. The molecular weight excluding hydrogens is 276 g/mol. The van der Waals surface area contributed by atoms with E-state index in [0.717, 1.165) is 0 Å². The Morgan fingerprint density at radius 1 is 1.10 bits per heavy atom. The van der Waals surface area contributed by atoms with Gasteiger partial charge in [-0.05, 0) is 12.1 Å². The van der Waals surface area contributed by atoms with E-state index in [1.54, 1.807) is 32.4 Å². The maximum Gasteiger partial charge on any atom is 0.330 e. The van der Waals surface area contributed by atoms with Gasteiger partial charge in [-0.1, -0.05) is 0 Å². The molecule has 0 atom stereocenters. The highest BCUT2D eigenvalue weighted by atomic mass is 16.5. The number of carbonyl (C=O) groups excluding carboxylic acids is 1. The van der Waals surface area contributed by atoms with Crippen LogP contribution in [0.4, 0.5) is 0 Å². The van der Waals surface area contributed by atoms with E-state index < -0.39 is 5.97 Å². The largest absolute Gasteiger partial charge is 0.497 e. The molecule has 0 saturated heterocycles. The molecule has 7 heteroatoms. The lowest BCUT2D eigenvalue weighted by Crippen LogP contribution is -1.93. The SMILES string of the molecule is COC(=O)/C=C\c1nnc(-c2cc(OC)cc(OC)c2)o1. The van der Waals surface area contributed by atoms with E-state index in [4.69, 9.17) is 13.9 Å². The fourth-order valence-corrected chi connectivity index (χ4v) is 1.56. The van der Waals surface area contributed by atoms with Crippen molar-refractivity contribution in [1.82, 2.24) is 10.2 Å². The smallest absolute Gasteiger partial charge is 0.330 e. The molecule has 0 aliphatic rings. The van der Waals surface area contributed by atoms with E-state index in [0.29, 0.717) is 17.1 Å². The Balaban J connectivity index is 2.28. The summed E-state index contributed by atoms with van der Waals surface area (Å²) in [6.45, 7) is 0. The molecule has 0 unspecified atom stereocenters. The molecule has 0 spiro atoms. The molecule has 0 amide bonds. The van der Waals surface area contributed by atoms with Gasteiger partial charge < -0.3 is 18.6 Å². The number of hydrogen-bond acceptors (Lipinski definition) is 7. The summed E-state index contributed by atoms with van der Waals surface area (Å²) in [5, 5.41) is 7.73. The molecule has 0 N–H and O–H groups in total. The lowest BCUT2D eigenvalue weighted by Gasteiger charge is -2.05. The van der Waals surface area contributed by atoms with Crippen molar-refractivity contribution < 1.29 is 23.4 Å². The van der Waals surface area contributed by atoms with Crippen LogP contribution in [-0.2, 0) is 9.53 Å². The lowest BCUT2D eigenvalue weighted by molar-refractivity contribution is -0.134. The molecule has 0 radical (unpaired) electrons. The third-order valence-corrected chi connectivity index (χ3v) is 2.60. The minimum atomic E-state index is -0.502. The minimum absolute atomic E-state index is 0.192. The van der Waals surface area contributed by atoms with Crippen molar-refractivity contribution in [1.29, 1.82) is 0 Å². The van der Waals surface area contributed by atoms with Crippen molar-refractivity contribution in [3.8, 4) is 23.0 Å². The van der Waals surface area contributed by atoms with E-state index in [1.165, 1.54) is 19.3 Å². The first-order valence-corrected chi connectivity index (χ1v) is 5.99. The van der Waals surface area contributed by atoms with Gasteiger partial charge in [-0.15, -0.1) is 10.2 Å². The number of esters is 1. The van der Waals surface area contributed by atoms with Gasteiger partial charge in [0.1, 0.15) is 11.5 Å². The number of benzene rings is 1. The first-order valence-electron chi connectivity index (χ1n) is 5.99. The quantitative estimate of drug-likeness (QED) is 0.614. The summed E-state index contributed by atoms with van der Waals surface area (Å²) in [5.41, 5.74) is 0.649. The monoisotopic (exact) mass is 290 g/mol. The second-order valence-electron chi connectivity index (χ2n) is 3.90. The Morgan fingerprint density at radius 3 is 2.33 bits per heavy atom. The average Bonchev–Trinajstić information content (AvgIpc) is 3.00. The third-order valence-electron chi connectivity index (χ3n) is 2.60. The van der Waals surface area contributed by atoms with Gasteiger partial charge >= 0.3 is 5.97 Å². The van der Waals surface area contributed by atoms with Crippen LogP contribution in [0.5, 0.6) is 11.5 Å². The fraction of sp³-hybridized carbons (Fsp3) is 0.214. The minimum Gasteiger partial charge on any atom is -0.497 e. The average molecular weight is 290 g/mol. The van der Waals surface area contributed by atoms with Crippen molar-refractivity contribution in [3.63, 3.8) is 0 Å². The molecule has 0 bridgehead atoms. The van der Waals surface area contributed by atoms with Gasteiger partial charge in [0.05, 0.1) is 21.3 Å². The van der Waals surface area contributed by atoms with Gasteiger partial charge in [-0.25, -0.2) is 4.79 Å². The van der Waals surface area contributed by atoms with E-state index in [1.807, 2.05) is 0 Å². The third kappa shape index (κ3) is 3.59. The maximum absolute atomic E-state index is 11.0. The van der Waals surface area contributed by atoms with Gasteiger partial charge in [0.25, 0.3) is 0 Å². The normalized spacial score (nSPS) is 10.6. The molecule has 0 fully saturated rings. The highest BCUT2D eigenvalue weighted by molar-refractivity contribution is 5.86. The highest BCUT2D eigenvalue weighted by Gasteiger charge is 2.10. The summed E-state index contributed by atoms with van der Waals surface area (Å²) in [5.74, 6) is 1.19. The van der Waals surface area contributed by atoms with E-state index in [9.17, 15) is 4.79 Å². The van der Waals surface area contributed by atoms with Gasteiger partial charge in [0.2, 0.25) is 11.8 Å². The van der Waals surface area contributed by atoms with E-state index in [2.05, 4.69) is 14.9 Å². The maximum atomic E-state index is 11.0. The Kier molecular flexibility index (Phi) is 4.55. The molecular formula is C14H14N2O5. The summed E-state index contributed by atoms with van der Waals surface area (Å²) < 4.78 is 20.3. The number of aromatic nitrogens is 2. The molecule has 0 aliphatic heterocycles. The van der Waals surface area contributed by atoms with Crippen molar-refractivity contribution in [2.75, 3.05) is 21.3 Å². The van der Waals surface area contributed by atoms with Crippen LogP contribution in [-0.4, -0.2) is 37.5 Å². The number of methoxy groups -OCH3 is 3. The van der Waals surface area contributed by atoms with Crippen LogP contribution in [0.25, 0.3) is 17.5 Å². The predicted octanol–water partition coefficient (Wildman–Crippen LogP) is 1.94. The molecule has 2 rings (SSSR count). The zero-order valence-corrected chi connectivity index (χ0v) is 11.8. The standard InChI is InChI=1S/C14H14N2O5/c1-18-10-6-9(7-11(8-10)19-2)14-16-15-12(21-14)4-5-13(17)20-3/h4-8H,1-3H3/b5-4-. The van der Waals surface area contributed by atoms with E-state index in [-0.39, 0.29) is 11.8 Å². The molecule has 0 saturated carbocycles. The number of rotatable bonds is 5. The first-order chi connectivity index (χ1) is 10.2. The molecule has 110 valence electrons. The lowest BCUT2D eigenvalue weighted by atomic mass is 10.2. The molecule has 1 heterocycles. The predicted molar refractivity (Wildman–Crippen MR) is 73.9 cm³/mol. The second kappa shape index (κ2) is 6.56. The molecule has 21 heavy (non-hydrogen) atoms. The summed E-state index contributed by atoms with van der Waals surface area (Å²) in [4.78, 5) is 11.0. The summed E-state index contributed by atoms with van der Waals surface area (Å²) >= 11 is 0. The van der Waals surface area contributed by atoms with Gasteiger partial charge in [0.15, 0.2) is 0 Å². The number of hydrogen-bond donors (Lipinski definition) is 0. The van der Waals surface area contributed by atoms with Crippen LogP contribution in [0, 0.1) is 0 Å². The topological polar surface area (TPSA) is 83.7 Å². The van der Waals surface area contributed by atoms with Gasteiger partial charge in [-0.3, -0.25) is 0 Å². The highest BCUT2D eigenvalue weighted by Crippen LogP contribution is 2.29. The summed E-state index contributed by atoms with van der Waals surface area (Å²) in [6, 6.07) is 5.21. The van der Waals surface area contributed by atoms with Gasteiger partial charge in [0, 0.05) is 23.8 Å². The van der Waals surface area contributed by atoms with Crippen LogP contribution < -0.4 is 9.47 Å². The Labute approximate surface area is 121 Å².